The maximum absolute atomic E-state index is 13.3. The Hall–Kier alpha value is -3.10. The molecule has 0 unspecified atom stereocenters. The first-order chi connectivity index (χ1) is 16.3. The van der Waals surface area contributed by atoms with Gasteiger partial charge in [0.25, 0.3) is 11.8 Å². The summed E-state index contributed by atoms with van der Waals surface area (Å²) in [6, 6.07) is 13.8. The van der Waals surface area contributed by atoms with Gasteiger partial charge in [0, 0.05) is 23.5 Å². The average Bonchev–Trinajstić information content (AvgIpc) is 3.20. The van der Waals surface area contributed by atoms with Gasteiger partial charge in [-0.15, -0.1) is 12.4 Å². The molecular formula is C25H23Cl3N4O3. The molecule has 182 valence electrons. The Morgan fingerprint density at radius 2 is 1.71 bits per heavy atom. The number of nitrogens with zero attached hydrogens (tertiary/aromatic N) is 1. The van der Waals surface area contributed by atoms with Crippen LogP contribution in [0.15, 0.2) is 48.5 Å². The quantitative estimate of drug-likeness (QED) is 0.261. The lowest BCUT2D eigenvalue weighted by Gasteiger charge is -2.12. The highest BCUT2D eigenvalue weighted by molar-refractivity contribution is 6.34. The van der Waals surface area contributed by atoms with Crippen molar-refractivity contribution in [3.63, 3.8) is 0 Å². The summed E-state index contributed by atoms with van der Waals surface area (Å²) in [6.07, 6.45) is 0. The minimum absolute atomic E-state index is 0. The summed E-state index contributed by atoms with van der Waals surface area (Å²) in [5, 5.41) is 6.60. The first-order valence-corrected chi connectivity index (χ1v) is 11.2. The molecule has 1 aromatic heterocycles. The summed E-state index contributed by atoms with van der Waals surface area (Å²) in [5.41, 5.74) is 4.29. The molecule has 0 spiro atoms. The molecule has 0 saturated heterocycles. The summed E-state index contributed by atoms with van der Waals surface area (Å²) < 4.78 is 5.17. The molecule has 0 aliphatic carbocycles. The number of halogens is 3. The number of H-pyrrole nitrogens is 1. The van der Waals surface area contributed by atoms with Gasteiger partial charge in [-0.05, 0) is 55.8 Å². The minimum Gasteiger partial charge on any atom is -0.377 e. The Balaban J connectivity index is 0.00000342. The second-order valence-corrected chi connectivity index (χ2v) is 8.65. The summed E-state index contributed by atoms with van der Waals surface area (Å²) in [5.74, 6) is -0.229. The Kier molecular flexibility index (Phi) is 8.40. The number of rotatable bonds is 6. The number of ether oxygens (including phenoxy) is 1. The molecule has 0 atom stereocenters. The van der Waals surface area contributed by atoms with Crippen molar-refractivity contribution in [2.45, 2.75) is 20.5 Å². The zero-order valence-electron chi connectivity index (χ0n) is 19.2. The van der Waals surface area contributed by atoms with E-state index in [-0.39, 0.29) is 30.5 Å². The molecule has 4 rings (SSSR count). The second kappa shape index (κ2) is 11.1. The van der Waals surface area contributed by atoms with E-state index in [4.69, 9.17) is 27.9 Å². The molecule has 1 heterocycles. The van der Waals surface area contributed by atoms with Gasteiger partial charge in [0.1, 0.15) is 17.9 Å². The molecule has 10 heteroatoms. The fourth-order valence-corrected chi connectivity index (χ4v) is 3.94. The van der Waals surface area contributed by atoms with Crippen molar-refractivity contribution in [2.75, 3.05) is 17.7 Å². The van der Waals surface area contributed by atoms with E-state index in [1.54, 1.807) is 49.6 Å². The number of aromatic amines is 1. The molecule has 7 nitrogen and oxygen atoms in total. The fourth-order valence-electron chi connectivity index (χ4n) is 3.56. The van der Waals surface area contributed by atoms with Crippen molar-refractivity contribution in [3.05, 3.63) is 86.7 Å². The molecule has 0 aliphatic rings. The SMILES string of the molecule is COCc1nc2c(C(=O)Nc3cccc(Cl)c3C)cc(NC(=O)c3cc(C)ccc3Cl)cc2[nH]1.Cl. The van der Waals surface area contributed by atoms with Gasteiger partial charge in [-0.25, -0.2) is 4.98 Å². The lowest BCUT2D eigenvalue weighted by Crippen LogP contribution is -2.16. The van der Waals surface area contributed by atoms with Crippen molar-refractivity contribution in [2.24, 2.45) is 0 Å². The number of carbonyl (C=O) groups is 2. The number of fused-ring (bicyclic) bond motifs is 1. The molecule has 0 radical (unpaired) electrons. The van der Waals surface area contributed by atoms with E-state index in [1.807, 2.05) is 19.9 Å². The van der Waals surface area contributed by atoms with Crippen molar-refractivity contribution in [3.8, 4) is 0 Å². The Labute approximate surface area is 218 Å². The van der Waals surface area contributed by atoms with Crippen LogP contribution in [-0.4, -0.2) is 28.9 Å². The fraction of sp³-hybridized carbons (Fsp3) is 0.160. The largest absolute Gasteiger partial charge is 0.377 e. The van der Waals surface area contributed by atoms with Crippen LogP contribution < -0.4 is 10.6 Å². The highest BCUT2D eigenvalue weighted by Gasteiger charge is 2.19. The highest BCUT2D eigenvalue weighted by atomic mass is 35.5. The number of imidazole rings is 1. The molecule has 4 aromatic rings. The van der Waals surface area contributed by atoms with E-state index in [9.17, 15) is 9.59 Å². The Morgan fingerprint density at radius 1 is 0.971 bits per heavy atom. The first kappa shape index (κ1) is 26.5. The van der Waals surface area contributed by atoms with E-state index in [0.29, 0.717) is 43.8 Å². The van der Waals surface area contributed by atoms with Crippen LogP contribution in [0.1, 0.15) is 37.7 Å². The molecule has 2 amide bonds. The zero-order chi connectivity index (χ0) is 24.4. The predicted molar refractivity (Wildman–Crippen MR) is 142 cm³/mol. The summed E-state index contributed by atoms with van der Waals surface area (Å²) >= 11 is 12.4. The smallest absolute Gasteiger partial charge is 0.258 e. The molecular weight excluding hydrogens is 511 g/mol. The summed E-state index contributed by atoms with van der Waals surface area (Å²) in [7, 11) is 1.56. The number of anilines is 2. The van der Waals surface area contributed by atoms with Gasteiger partial charge in [0.05, 0.1) is 21.7 Å². The van der Waals surface area contributed by atoms with Gasteiger partial charge < -0.3 is 20.4 Å². The van der Waals surface area contributed by atoms with Gasteiger partial charge in [0.15, 0.2) is 0 Å². The number of nitrogens with one attached hydrogen (secondary N) is 3. The van der Waals surface area contributed by atoms with E-state index >= 15 is 0 Å². The van der Waals surface area contributed by atoms with Gasteiger partial charge in [-0.3, -0.25) is 9.59 Å². The summed E-state index contributed by atoms with van der Waals surface area (Å²) in [6.45, 7) is 3.94. The number of carbonyl (C=O) groups excluding carboxylic acids is 2. The third kappa shape index (κ3) is 5.77. The number of benzene rings is 3. The van der Waals surface area contributed by atoms with Gasteiger partial charge in [0.2, 0.25) is 0 Å². The molecule has 35 heavy (non-hydrogen) atoms. The number of hydrogen-bond acceptors (Lipinski definition) is 4. The van der Waals surface area contributed by atoms with Gasteiger partial charge in [-0.1, -0.05) is 40.9 Å². The van der Waals surface area contributed by atoms with Crippen molar-refractivity contribution < 1.29 is 14.3 Å². The topological polar surface area (TPSA) is 96.1 Å². The van der Waals surface area contributed by atoms with Gasteiger partial charge >= 0.3 is 0 Å². The van der Waals surface area contributed by atoms with E-state index in [1.165, 1.54) is 0 Å². The minimum atomic E-state index is -0.393. The third-order valence-electron chi connectivity index (χ3n) is 5.30. The van der Waals surface area contributed by atoms with Crippen LogP contribution in [0.5, 0.6) is 0 Å². The summed E-state index contributed by atoms with van der Waals surface area (Å²) in [4.78, 5) is 33.9. The maximum Gasteiger partial charge on any atom is 0.258 e. The van der Waals surface area contributed by atoms with E-state index < -0.39 is 5.91 Å². The normalized spacial score (nSPS) is 10.7. The van der Waals surface area contributed by atoms with Crippen LogP contribution in [0.2, 0.25) is 10.0 Å². The molecule has 0 fully saturated rings. The maximum atomic E-state index is 13.3. The number of aryl methyl sites for hydroxylation is 1. The lowest BCUT2D eigenvalue weighted by atomic mass is 10.1. The van der Waals surface area contributed by atoms with E-state index in [0.717, 1.165) is 11.1 Å². The van der Waals surface area contributed by atoms with Crippen LogP contribution in [0.4, 0.5) is 11.4 Å². The third-order valence-corrected chi connectivity index (χ3v) is 6.04. The Bertz CT molecular complexity index is 1420. The van der Waals surface area contributed by atoms with E-state index in [2.05, 4.69) is 20.6 Å². The van der Waals surface area contributed by atoms with Crippen LogP contribution in [-0.2, 0) is 11.3 Å². The highest BCUT2D eigenvalue weighted by Crippen LogP contribution is 2.28. The van der Waals surface area contributed by atoms with Gasteiger partial charge in [-0.2, -0.15) is 0 Å². The standard InChI is InChI=1S/C25H22Cl2N4O3.ClH/c1-13-7-8-19(27)16(9-13)24(32)28-15-10-17(23-21(11-15)29-22(31-23)12-34-3)25(33)30-20-6-4-5-18(26)14(20)2;/h4-11H,12H2,1-3H3,(H,28,32)(H,29,31)(H,30,33);1H. The molecule has 0 bridgehead atoms. The molecule has 0 aliphatic heterocycles. The number of methoxy groups -OCH3 is 1. The number of amides is 2. The number of aromatic nitrogens is 2. The monoisotopic (exact) mass is 532 g/mol. The molecule has 3 aromatic carbocycles. The van der Waals surface area contributed by atoms with Crippen LogP contribution >= 0.6 is 35.6 Å². The average molecular weight is 534 g/mol. The lowest BCUT2D eigenvalue weighted by molar-refractivity contribution is 0.101. The van der Waals surface area contributed by atoms with Crippen molar-refractivity contribution in [1.29, 1.82) is 0 Å². The molecule has 3 N–H and O–H groups in total. The first-order valence-electron chi connectivity index (χ1n) is 10.4. The van der Waals surface area contributed by atoms with Crippen LogP contribution in [0.25, 0.3) is 11.0 Å². The van der Waals surface area contributed by atoms with Crippen LogP contribution in [0, 0.1) is 13.8 Å². The predicted octanol–water partition coefficient (Wildman–Crippen LogP) is 6.56. The zero-order valence-corrected chi connectivity index (χ0v) is 21.5. The van der Waals surface area contributed by atoms with Crippen molar-refractivity contribution in [1.82, 2.24) is 9.97 Å². The second-order valence-electron chi connectivity index (χ2n) is 7.84. The number of hydrogen-bond donors (Lipinski definition) is 3. The Morgan fingerprint density at radius 3 is 2.46 bits per heavy atom. The van der Waals surface area contributed by atoms with Crippen LogP contribution in [0.3, 0.4) is 0 Å². The molecule has 0 saturated carbocycles. The van der Waals surface area contributed by atoms with Crippen molar-refractivity contribution >= 4 is 69.8 Å².